The molecule has 0 nitrogen and oxygen atoms in total. The first kappa shape index (κ1) is 18.1. The standard InChI is InChI=1S/C20H12Br4/c21-16-7-1-13(2-8-16)19(14-3-9-17(22)10-4-14)20(24)15-5-11-18(23)12-6-15/h1-12H. The Bertz CT molecular complexity index is 814. The monoisotopic (exact) mass is 568 g/mol. The molecule has 0 radical (unpaired) electrons. The fourth-order valence-corrected chi connectivity index (χ4v) is 3.91. The zero-order valence-electron chi connectivity index (χ0n) is 12.4. The first-order valence-electron chi connectivity index (χ1n) is 7.22. The van der Waals surface area contributed by atoms with E-state index >= 15 is 0 Å². The fraction of sp³-hybridized carbons (Fsp3) is 0. The number of halogens is 4. The Morgan fingerprint density at radius 1 is 0.458 bits per heavy atom. The molecule has 4 heteroatoms. The summed E-state index contributed by atoms with van der Waals surface area (Å²) in [4.78, 5) is 0. The minimum Gasteiger partial charge on any atom is -0.0532 e. The van der Waals surface area contributed by atoms with Gasteiger partial charge in [-0.2, -0.15) is 0 Å². The number of benzene rings is 3. The molecule has 3 aromatic rings. The summed E-state index contributed by atoms with van der Waals surface area (Å²) in [6.07, 6.45) is 0. The van der Waals surface area contributed by atoms with Crippen molar-refractivity contribution in [2.75, 3.05) is 0 Å². The van der Waals surface area contributed by atoms with E-state index < -0.39 is 0 Å². The van der Waals surface area contributed by atoms with Gasteiger partial charge in [-0.25, -0.2) is 0 Å². The molecule has 0 atom stereocenters. The average Bonchev–Trinajstić information content (AvgIpc) is 2.59. The first-order valence-corrected chi connectivity index (χ1v) is 10.4. The van der Waals surface area contributed by atoms with Gasteiger partial charge in [0, 0.05) is 23.5 Å². The molecular formula is C20H12Br4. The maximum atomic E-state index is 3.83. The molecule has 0 bridgehead atoms. The van der Waals surface area contributed by atoms with Crippen LogP contribution in [0.25, 0.3) is 10.1 Å². The van der Waals surface area contributed by atoms with Gasteiger partial charge < -0.3 is 0 Å². The predicted molar refractivity (Wildman–Crippen MR) is 117 cm³/mol. The summed E-state index contributed by atoms with van der Waals surface area (Å²) < 4.78 is 4.28. The summed E-state index contributed by atoms with van der Waals surface area (Å²) in [6, 6.07) is 25.1. The molecule has 3 rings (SSSR count). The summed E-state index contributed by atoms with van der Waals surface area (Å²) in [6.45, 7) is 0. The molecule has 0 spiro atoms. The Morgan fingerprint density at radius 3 is 1.08 bits per heavy atom. The van der Waals surface area contributed by atoms with E-state index in [0.717, 1.165) is 40.2 Å². The highest BCUT2D eigenvalue weighted by molar-refractivity contribution is 9.15. The van der Waals surface area contributed by atoms with E-state index in [1.165, 1.54) is 0 Å². The average molecular weight is 572 g/mol. The lowest BCUT2D eigenvalue weighted by molar-refractivity contribution is 1.52. The van der Waals surface area contributed by atoms with Crippen LogP contribution in [0.15, 0.2) is 86.2 Å². The maximum Gasteiger partial charge on any atom is 0.0332 e. The van der Waals surface area contributed by atoms with Crippen LogP contribution in [0.2, 0.25) is 0 Å². The molecule has 0 fully saturated rings. The lowest BCUT2D eigenvalue weighted by Gasteiger charge is -2.13. The summed E-state index contributed by atoms with van der Waals surface area (Å²) >= 11 is 14.3. The van der Waals surface area contributed by atoms with Gasteiger partial charge >= 0.3 is 0 Å². The number of hydrogen-bond donors (Lipinski definition) is 0. The van der Waals surface area contributed by atoms with Gasteiger partial charge in [-0.1, -0.05) is 84.2 Å². The molecule has 24 heavy (non-hydrogen) atoms. The van der Waals surface area contributed by atoms with Gasteiger partial charge in [0.25, 0.3) is 0 Å². The van der Waals surface area contributed by atoms with Gasteiger partial charge in [-0.15, -0.1) is 0 Å². The van der Waals surface area contributed by atoms with Gasteiger partial charge in [0.1, 0.15) is 0 Å². The van der Waals surface area contributed by atoms with Crippen LogP contribution < -0.4 is 0 Å². The SMILES string of the molecule is BrC(=C(c1ccc(Br)cc1)c1ccc(Br)cc1)c1ccc(Br)cc1. The Morgan fingerprint density at radius 2 is 0.750 bits per heavy atom. The molecule has 0 aliphatic rings. The highest BCUT2D eigenvalue weighted by Crippen LogP contribution is 2.37. The van der Waals surface area contributed by atoms with E-state index in [-0.39, 0.29) is 0 Å². The third-order valence-electron chi connectivity index (χ3n) is 3.58. The molecular weight excluding hydrogens is 560 g/mol. The Labute approximate surface area is 175 Å². The third kappa shape index (κ3) is 4.29. The van der Waals surface area contributed by atoms with Crippen LogP contribution >= 0.6 is 63.7 Å². The minimum atomic E-state index is 1.07. The largest absolute Gasteiger partial charge is 0.0532 e. The van der Waals surface area contributed by atoms with E-state index in [4.69, 9.17) is 0 Å². The number of hydrogen-bond acceptors (Lipinski definition) is 0. The zero-order valence-corrected chi connectivity index (χ0v) is 18.8. The fourth-order valence-electron chi connectivity index (χ4n) is 2.39. The molecule has 120 valence electrons. The van der Waals surface area contributed by atoms with E-state index in [1.54, 1.807) is 0 Å². The van der Waals surface area contributed by atoms with Crippen LogP contribution in [0.1, 0.15) is 16.7 Å². The van der Waals surface area contributed by atoms with Crippen molar-refractivity contribution < 1.29 is 0 Å². The maximum absolute atomic E-state index is 3.83. The molecule has 0 amide bonds. The van der Waals surface area contributed by atoms with Crippen LogP contribution in [-0.2, 0) is 0 Å². The van der Waals surface area contributed by atoms with Gasteiger partial charge in [0.05, 0.1) is 0 Å². The second kappa shape index (κ2) is 8.13. The van der Waals surface area contributed by atoms with Crippen molar-refractivity contribution in [3.8, 4) is 0 Å². The van der Waals surface area contributed by atoms with Gasteiger partial charge in [0.15, 0.2) is 0 Å². The van der Waals surface area contributed by atoms with E-state index in [1.807, 2.05) is 0 Å². The van der Waals surface area contributed by atoms with Crippen LogP contribution in [0.4, 0.5) is 0 Å². The van der Waals surface area contributed by atoms with Crippen molar-refractivity contribution in [2.24, 2.45) is 0 Å². The molecule has 0 heterocycles. The lowest BCUT2D eigenvalue weighted by Crippen LogP contribution is -1.91. The number of rotatable bonds is 3. The predicted octanol–water partition coefficient (Wildman–Crippen LogP) is 8.29. The molecule has 0 N–H and O–H groups in total. The summed E-state index contributed by atoms with van der Waals surface area (Å²) in [5.74, 6) is 0. The highest BCUT2D eigenvalue weighted by Gasteiger charge is 2.12. The normalized spacial score (nSPS) is 10.5. The zero-order chi connectivity index (χ0) is 17.1. The third-order valence-corrected chi connectivity index (χ3v) is 6.02. The molecule has 0 aliphatic carbocycles. The van der Waals surface area contributed by atoms with Gasteiger partial charge in [-0.05, 0) is 69.0 Å². The van der Waals surface area contributed by atoms with Crippen LogP contribution in [0.5, 0.6) is 0 Å². The van der Waals surface area contributed by atoms with Crippen molar-refractivity contribution >= 4 is 73.8 Å². The minimum absolute atomic E-state index is 1.07. The summed E-state index contributed by atoms with van der Waals surface area (Å²) in [7, 11) is 0. The summed E-state index contributed by atoms with van der Waals surface area (Å²) in [5.41, 5.74) is 4.63. The van der Waals surface area contributed by atoms with Crippen LogP contribution in [0, 0.1) is 0 Å². The molecule has 0 saturated heterocycles. The lowest BCUT2D eigenvalue weighted by atomic mass is 9.96. The van der Waals surface area contributed by atoms with E-state index in [0.29, 0.717) is 0 Å². The molecule has 0 unspecified atom stereocenters. The van der Waals surface area contributed by atoms with Gasteiger partial charge in [0.2, 0.25) is 0 Å². The van der Waals surface area contributed by atoms with Crippen molar-refractivity contribution in [3.63, 3.8) is 0 Å². The Kier molecular flexibility index (Phi) is 6.14. The quantitative estimate of drug-likeness (QED) is 0.278. The summed E-state index contributed by atoms with van der Waals surface area (Å²) in [5, 5.41) is 0. The molecule has 3 aromatic carbocycles. The molecule has 0 aromatic heterocycles. The topological polar surface area (TPSA) is 0 Å². The highest BCUT2D eigenvalue weighted by atomic mass is 79.9. The Balaban J connectivity index is 2.20. The van der Waals surface area contributed by atoms with Crippen molar-refractivity contribution in [1.82, 2.24) is 0 Å². The molecule has 0 aliphatic heterocycles. The smallest absolute Gasteiger partial charge is 0.0332 e. The van der Waals surface area contributed by atoms with Crippen molar-refractivity contribution in [2.45, 2.75) is 0 Å². The van der Waals surface area contributed by atoms with Crippen LogP contribution in [0.3, 0.4) is 0 Å². The van der Waals surface area contributed by atoms with Crippen molar-refractivity contribution in [1.29, 1.82) is 0 Å². The second-order valence-corrected chi connectivity index (χ2v) is 8.75. The van der Waals surface area contributed by atoms with E-state index in [2.05, 4.69) is 137 Å². The van der Waals surface area contributed by atoms with Crippen LogP contribution in [-0.4, -0.2) is 0 Å². The Hall–Kier alpha value is -0.680. The second-order valence-electron chi connectivity index (χ2n) is 5.21. The van der Waals surface area contributed by atoms with E-state index in [9.17, 15) is 0 Å². The van der Waals surface area contributed by atoms with Crippen molar-refractivity contribution in [3.05, 3.63) is 103 Å². The van der Waals surface area contributed by atoms with Gasteiger partial charge in [-0.3, -0.25) is 0 Å². The first-order chi connectivity index (χ1) is 11.5. The molecule has 0 saturated carbocycles.